The Balaban J connectivity index is 1.71. The van der Waals surface area contributed by atoms with Crippen LogP contribution in [-0.2, 0) is 7.05 Å². The summed E-state index contributed by atoms with van der Waals surface area (Å²) >= 11 is 0. The number of carbonyl (C=O) groups is 2. The topological polar surface area (TPSA) is 71.8 Å². The molecular weight excluding hydrogens is 346 g/mol. The van der Waals surface area contributed by atoms with Crippen molar-refractivity contribution in [2.24, 2.45) is 7.05 Å². The molecule has 7 nitrogen and oxygen atoms in total. The first-order valence-corrected chi connectivity index (χ1v) is 8.89. The minimum atomic E-state index is -0.156. The van der Waals surface area contributed by atoms with Crippen LogP contribution in [0.3, 0.4) is 0 Å². The van der Waals surface area contributed by atoms with E-state index in [2.05, 4.69) is 0 Å². The zero-order valence-electron chi connectivity index (χ0n) is 15.6. The highest BCUT2D eigenvalue weighted by Gasteiger charge is 2.25. The van der Waals surface area contributed by atoms with Crippen molar-refractivity contribution >= 4 is 11.8 Å². The molecule has 142 valence electrons. The maximum Gasteiger partial charge on any atom is 0.257 e. The van der Waals surface area contributed by atoms with E-state index in [1.807, 2.05) is 12.1 Å². The van der Waals surface area contributed by atoms with Gasteiger partial charge < -0.3 is 19.1 Å². The van der Waals surface area contributed by atoms with Crippen molar-refractivity contribution in [3.05, 3.63) is 64.1 Å². The summed E-state index contributed by atoms with van der Waals surface area (Å²) in [7, 11) is 3.16. The zero-order valence-corrected chi connectivity index (χ0v) is 15.6. The minimum absolute atomic E-state index is 0.0937. The number of para-hydroxylation sites is 1. The van der Waals surface area contributed by atoms with Gasteiger partial charge in [-0.1, -0.05) is 12.1 Å². The Morgan fingerprint density at radius 2 is 1.59 bits per heavy atom. The monoisotopic (exact) mass is 369 g/mol. The van der Waals surface area contributed by atoms with Crippen molar-refractivity contribution in [2.45, 2.75) is 6.42 Å². The van der Waals surface area contributed by atoms with E-state index >= 15 is 0 Å². The SMILES string of the molecule is COc1ccccc1C(=O)N1CCCN(C(=O)c2ccc(=O)n(C)c2)CC1. The van der Waals surface area contributed by atoms with E-state index in [1.165, 1.54) is 10.6 Å². The largest absolute Gasteiger partial charge is 0.496 e. The summed E-state index contributed by atoms with van der Waals surface area (Å²) in [5, 5.41) is 0. The number of carbonyl (C=O) groups excluding carboxylic acids is 2. The standard InChI is InChI=1S/C20H23N3O4/c1-21-14-15(8-9-18(21)24)19(25)22-10-5-11-23(13-12-22)20(26)16-6-3-4-7-17(16)27-2/h3-4,6-9,14H,5,10-13H2,1-2H3. The molecule has 1 aliphatic rings. The fraction of sp³-hybridized carbons (Fsp3) is 0.350. The number of amides is 2. The smallest absolute Gasteiger partial charge is 0.257 e. The molecule has 0 aliphatic carbocycles. The lowest BCUT2D eigenvalue weighted by Gasteiger charge is -2.23. The highest BCUT2D eigenvalue weighted by molar-refractivity contribution is 5.97. The third kappa shape index (κ3) is 4.02. The molecule has 1 aromatic heterocycles. The van der Waals surface area contributed by atoms with Crippen molar-refractivity contribution in [1.82, 2.24) is 14.4 Å². The average molecular weight is 369 g/mol. The lowest BCUT2D eigenvalue weighted by molar-refractivity contribution is 0.0716. The number of methoxy groups -OCH3 is 1. The van der Waals surface area contributed by atoms with E-state index in [4.69, 9.17) is 4.74 Å². The van der Waals surface area contributed by atoms with E-state index in [1.54, 1.807) is 48.4 Å². The molecule has 1 fully saturated rings. The molecule has 2 amide bonds. The van der Waals surface area contributed by atoms with Gasteiger partial charge in [0, 0.05) is 45.5 Å². The fourth-order valence-corrected chi connectivity index (χ4v) is 3.22. The van der Waals surface area contributed by atoms with Crippen LogP contribution in [0.5, 0.6) is 5.75 Å². The Morgan fingerprint density at radius 3 is 2.26 bits per heavy atom. The second kappa shape index (κ2) is 8.07. The Morgan fingerprint density at radius 1 is 0.926 bits per heavy atom. The second-order valence-corrected chi connectivity index (χ2v) is 6.51. The van der Waals surface area contributed by atoms with Gasteiger partial charge in [0.1, 0.15) is 5.75 Å². The minimum Gasteiger partial charge on any atom is -0.496 e. The van der Waals surface area contributed by atoms with Gasteiger partial charge in [0.25, 0.3) is 11.8 Å². The molecule has 0 saturated carbocycles. The van der Waals surface area contributed by atoms with Crippen LogP contribution in [0.2, 0.25) is 0 Å². The molecular formula is C20H23N3O4. The van der Waals surface area contributed by atoms with Crippen LogP contribution >= 0.6 is 0 Å². The number of ether oxygens (including phenoxy) is 1. The predicted octanol–water partition coefficient (Wildman–Crippen LogP) is 1.38. The number of benzene rings is 1. The molecule has 2 aromatic rings. The Hall–Kier alpha value is -3.09. The summed E-state index contributed by atoms with van der Waals surface area (Å²) in [4.78, 5) is 40.6. The zero-order chi connectivity index (χ0) is 19.4. The molecule has 1 aliphatic heterocycles. The van der Waals surface area contributed by atoms with Crippen molar-refractivity contribution in [1.29, 1.82) is 0 Å². The third-order valence-electron chi connectivity index (χ3n) is 4.74. The van der Waals surface area contributed by atoms with E-state index in [-0.39, 0.29) is 17.4 Å². The summed E-state index contributed by atoms with van der Waals surface area (Å²) in [5.41, 5.74) is 0.843. The Labute approximate surface area is 157 Å². The molecule has 0 radical (unpaired) electrons. The highest BCUT2D eigenvalue weighted by atomic mass is 16.5. The van der Waals surface area contributed by atoms with Crippen LogP contribution in [0.15, 0.2) is 47.4 Å². The van der Waals surface area contributed by atoms with Crippen molar-refractivity contribution < 1.29 is 14.3 Å². The Bertz CT molecular complexity index is 906. The van der Waals surface area contributed by atoms with Gasteiger partial charge in [0.05, 0.1) is 18.2 Å². The Kier molecular flexibility index (Phi) is 5.59. The first-order chi connectivity index (χ1) is 13.0. The lowest BCUT2D eigenvalue weighted by Crippen LogP contribution is -2.37. The molecule has 0 N–H and O–H groups in total. The van der Waals surface area contributed by atoms with Gasteiger partial charge in [-0.3, -0.25) is 14.4 Å². The highest BCUT2D eigenvalue weighted by Crippen LogP contribution is 2.20. The summed E-state index contributed by atoms with van der Waals surface area (Å²) in [5.74, 6) is 0.325. The molecule has 1 aromatic carbocycles. The van der Waals surface area contributed by atoms with Crippen molar-refractivity contribution in [3.63, 3.8) is 0 Å². The summed E-state index contributed by atoms with van der Waals surface area (Å²) in [6.45, 7) is 2.04. The van der Waals surface area contributed by atoms with Gasteiger partial charge in [-0.05, 0) is 24.6 Å². The summed E-state index contributed by atoms with van der Waals surface area (Å²) in [6.07, 6.45) is 2.24. The van der Waals surface area contributed by atoms with Gasteiger partial charge >= 0.3 is 0 Å². The van der Waals surface area contributed by atoms with Crippen molar-refractivity contribution in [2.75, 3.05) is 33.3 Å². The normalized spacial score (nSPS) is 14.6. The average Bonchev–Trinajstić information content (AvgIpc) is 2.95. The predicted molar refractivity (Wildman–Crippen MR) is 101 cm³/mol. The third-order valence-corrected chi connectivity index (χ3v) is 4.74. The van der Waals surface area contributed by atoms with Crippen LogP contribution in [-0.4, -0.2) is 59.5 Å². The molecule has 0 atom stereocenters. The molecule has 0 bridgehead atoms. The van der Waals surface area contributed by atoms with Gasteiger partial charge in [0.2, 0.25) is 5.56 Å². The van der Waals surface area contributed by atoms with Gasteiger partial charge in [-0.15, -0.1) is 0 Å². The number of hydrogen-bond acceptors (Lipinski definition) is 4. The number of hydrogen-bond donors (Lipinski definition) is 0. The second-order valence-electron chi connectivity index (χ2n) is 6.51. The van der Waals surface area contributed by atoms with Gasteiger partial charge in [-0.2, -0.15) is 0 Å². The molecule has 0 spiro atoms. The summed E-state index contributed by atoms with van der Waals surface area (Å²) < 4.78 is 6.68. The lowest BCUT2D eigenvalue weighted by atomic mass is 10.1. The number of nitrogens with zero attached hydrogens (tertiary/aromatic N) is 3. The number of rotatable bonds is 3. The summed E-state index contributed by atoms with van der Waals surface area (Å²) in [6, 6.07) is 10.1. The van der Waals surface area contributed by atoms with Crippen LogP contribution in [0.4, 0.5) is 0 Å². The van der Waals surface area contributed by atoms with Gasteiger partial charge in [0.15, 0.2) is 0 Å². The number of aryl methyl sites for hydroxylation is 1. The van der Waals surface area contributed by atoms with Crippen LogP contribution in [0.1, 0.15) is 27.1 Å². The van der Waals surface area contributed by atoms with Crippen LogP contribution in [0.25, 0.3) is 0 Å². The van der Waals surface area contributed by atoms with E-state index in [9.17, 15) is 14.4 Å². The van der Waals surface area contributed by atoms with E-state index in [0.29, 0.717) is 49.5 Å². The maximum atomic E-state index is 12.9. The first-order valence-electron chi connectivity index (χ1n) is 8.89. The maximum absolute atomic E-state index is 12.9. The molecule has 3 rings (SSSR count). The van der Waals surface area contributed by atoms with Crippen LogP contribution in [0, 0.1) is 0 Å². The van der Waals surface area contributed by atoms with Crippen molar-refractivity contribution in [3.8, 4) is 5.75 Å². The first kappa shape index (κ1) is 18.7. The molecule has 1 saturated heterocycles. The molecule has 0 unspecified atom stereocenters. The number of pyridine rings is 1. The fourth-order valence-electron chi connectivity index (χ4n) is 3.22. The van der Waals surface area contributed by atoms with Crippen LogP contribution < -0.4 is 10.3 Å². The van der Waals surface area contributed by atoms with E-state index in [0.717, 1.165) is 0 Å². The quantitative estimate of drug-likeness (QED) is 0.820. The molecule has 27 heavy (non-hydrogen) atoms. The number of aromatic nitrogens is 1. The van der Waals surface area contributed by atoms with Gasteiger partial charge in [-0.25, -0.2) is 0 Å². The molecule has 7 heteroatoms. The molecule has 2 heterocycles. The van der Waals surface area contributed by atoms with E-state index < -0.39 is 0 Å².